The van der Waals surface area contributed by atoms with Crippen molar-refractivity contribution in [2.75, 3.05) is 7.11 Å². The van der Waals surface area contributed by atoms with Crippen molar-refractivity contribution in [3.63, 3.8) is 0 Å². The van der Waals surface area contributed by atoms with E-state index in [2.05, 4.69) is 15.0 Å². The van der Waals surface area contributed by atoms with Gasteiger partial charge in [0.05, 0.1) is 12.7 Å². The number of carbonyl (C=O) groups is 1. The second-order valence-corrected chi connectivity index (χ2v) is 4.48. The number of hydrogen-bond donors (Lipinski definition) is 1. The van der Waals surface area contributed by atoms with E-state index in [9.17, 15) is 4.79 Å². The topological polar surface area (TPSA) is 67.9 Å². The molecule has 0 spiro atoms. The Morgan fingerprint density at radius 3 is 2.90 bits per heavy atom. The maximum absolute atomic E-state index is 11.5. The molecule has 100 valence electrons. The zero-order valence-corrected chi connectivity index (χ0v) is 11.2. The maximum Gasteiger partial charge on any atom is 0.337 e. The van der Waals surface area contributed by atoms with Gasteiger partial charge in [-0.25, -0.2) is 14.8 Å². The Kier molecular flexibility index (Phi) is 2.95. The van der Waals surface area contributed by atoms with E-state index in [1.54, 1.807) is 18.3 Å². The third kappa shape index (κ3) is 2.03. The van der Waals surface area contributed by atoms with E-state index in [1.165, 1.54) is 7.11 Å². The molecule has 20 heavy (non-hydrogen) atoms. The van der Waals surface area contributed by atoms with Crippen molar-refractivity contribution < 1.29 is 9.53 Å². The van der Waals surface area contributed by atoms with Crippen LogP contribution in [0.4, 0.5) is 0 Å². The number of ether oxygens (including phenoxy) is 1. The molecule has 0 saturated heterocycles. The maximum atomic E-state index is 11.5. The van der Waals surface area contributed by atoms with Gasteiger partial charge in [-0.05, 0) is 25.1 Å². The van der Waals surface area contributed by atoms with Gasteiger partial charge in [0.1, 0.15) is 0 Å². The van der Waals surface area contributed by atoms with E-state index in [0.717, 1.165) is 22.2 Å². The molecule has 0 fully saturated rings. The molecule has 3 aromatic rings. The van der Waals surface area contributed by atoms with Crippen LogP contribution in [0, 0.1) is 6.92 Å². The van der Waals surface area contributed by atoms with Crippen molar-refractivity contribution in [1.82, 2.24) is 15.0 Å². The number of H-pyrrole nitrogens is 1. The first-order valence-electron chi connectivity index (χ1n) is 6.18. The number of nitrogens with one attached hydrogen (secondary N) is 1. The summed E-state index contributed by atoms with van der Waals surface area (Å²) in [6, 6.07) is 7.23. The number of esters is 1. The predicted octanol–water partition coefficient (Wildman–Crippen LogP) is 2.72. The molecule has 1 aromatic carbocycles. The number of hydrogen-bond acceptors (Lipinski definition) is 4. The Morgan fingerprint density at radius 2 is 2.15 bits per heavy atom. The summed E-state index contributed by atoms with van der Waals surface area (Å²) in [5.41, 5.74) is 3.20. The predicted molar refractivity (Wildman–Crippen MR) is 75.4 cm³/mol. The minimum atomic E-state index is -0.352. The van der Waals surface area contributed by atoms with Gasteiger partial charge >= 0.3 is 5.97 Å². The Bertz CT molecular complexity index is 793. The summed E-state index contributed by atoms with van der Waals surface area (Å²) in [6.07, 6.45) is 3.58. The fraction of sp³-hybridized carbons (Fsp3) is 0.133. The van der Waals surface area contributed by atoms with Gasteiger partial charge in [-0.1, -0.05) is 6.07 Å². The fourth-order valence-corrected chi connectivity index (χ4v) is 2.13. The molecule has 0 aliphatic carbocycles. The number of fused-ring (bicyclic) bond motifs is 1. The van der Waals surface area contributed by atoms with E-state index in [0.29, 0.717) is 11.4 Å². The molecule has 2 heterocycles. The number of methoxy groups -OCH3 is 1. The number of benzene rings is 1. The van der Waals surface area contributed by atoms with Crippen molar-refractivity contribution in [1.29, 1.82) is 0 Å². The third-order valence-electron chi connectivity index (χ3n) is 3.14. The summed E-state index contributed by atoms with van der Waals surface area (Å²) in [4.78, 5) is 23.4. The van der Waals surface area contributed by atoms with E-state index < -0.39 is 0 Å². The molecule has 0 amide bonds. The minimum absolute atomic E-state index is 0.352. The molecule has 5 nitrogen and oxygen atoms in total. The molecule has 0 bridgehead atoms. The Hall–Kier alpha value is -2.69. The molecule has 3 rings (SSSR count). The first-order valence-corrected chi connectivity index (χ1v) is 6.18. The van der Waals surface area contributed by atoms with E-state index >= 15 is 0 Å². The summed E-state index contributed by atoms with van der Waals surface area (Å²) in [7, 11) is 1.37. The molecule has 0 radical (unpaired) electrons. The van der Waals surface area contributed by atoms with Crippen molar-refractivity contribution in [2.45, 2.75) is 6.92 Å². The summed E-state index contributed by atoms with van der Waals surface area (Å²) in [5, 5.41) is 0.975. The van der Waals surface area contributed by atoms with Gasteiger partial charge in [0.15, 0.2) is 5.82 Å². The SMILES string of the molecule is COC(=O)c1ccc2c(-c3nccc(C)n3)c[nH]c2c1. The van der Waals surface area contributed by atoms with Crippen molar-refractivity contribution in [3.05, 3.63) is 47.9 Å². The lowest BCUT2D eigenvalue weighted by Crippen LogP contribution is -2.00. The number of carbonyl (C=O) groups excluding carboxylic acids is 1. The molecule has 1 N–H and O–H groups in total. The molecule has 2 aromatic heterocycles. The van der Waals surface area contributed by atoms with Gasteiger partial charge in [0, 0.05) is 34.6 Å². The first-order chi connectivity index (χ1) is 9.69. The van der Waals surface area contributed by atoms with Crippen LogP contribution < -0.4 is 0 Å². The monoisotopic (exact) mass is 267 g/mol. The molecule has 0 aliphatic heterocycles. The zero-order chi connectivity index (χ0) is 14.1. The van der Waals surface area contributed by atoms with E-state index in [-0.39, 0.29) is 5.97 Å². The van der Waals surface area contributed by atoms with Crippen LogP contribution in [-0.2, 0) is 4.74 Å². The van der Waals surface area contributed by atoms with Gasteiger partial charge in [0.2, 0.25) is 0 Å². The number of rotatable bonds is 2. The second-order valence-electron chi connectivity index (χ2n) is 4.48. The smallest absolute Gasteiger partial charge is 0.337 e. The molecule has 0 saturated carbocycles. The fourth-order valence-electron chi connectivity index (χ4n) is 2.13. The van der Waals surface area contributed by atoms with Gasteiger partial charge in [-0.15, -0.1) is 0 Å². The van der Waals surface area contributed by atoms with Crippen LogP contribution in [0.25, 0.3) is 22.3 Å². The van der Waals surface area contributed by atoms with E-state index in [4.69, 9.17) is 4.74 Å². The second kappa shape index (κ2) is 4.77. The summed E-state index contributed by atoms with van der Waals surface area (Å²) in [6.45, 7) is 1.93. The molecule has 5 heteroatoms. The van der Waals surface area contributed by atoms with Gasteiger partial charge < -0.3 is 9.72 Å². The van der Waals surface area contributed by atoms with Crippen LogP contribution in [0.3, 0.4) is 0 Å². The van der Waals surface area contributed by atoms with Gasteiger partial charge in [0.25, 0.3) is 0 Å². The van der Waals surface area contributed by atoms with Gasteiger partial charge in [-0.2, -0.15) is 0 Å². The highest BCUT2D eigenvalue weighted by Crippen LogP contribution is 2.26. The standard InChI is InChI=1S/C15H13N3O2/c1-9-5-6-16-14(18-9)12-8-17-13-7-10(15(19)20-2)3-4-11(12)13/h3-8,17H,1-2H3. The number of aryl methyl sites for hydroxylation is 1. The molecular formula is C15H13N3O2. The molecule has 0 atom stereocenters. The Morgan fingerprint density at radius 1 is 1.30 bits per heavy atom. The lowest BCUT2D eigenvalue weighted by Gasteiger charge is -2.01. The van der Waals surface area contributed by atoms with Crippen LogP contribution in [0.2, 0.25) is 0 Å². The average Bonchev–Trinajstić information content (AvgIpc) is 2.89. The van der Waals surface area contributed by atoms with Crippen LogP contribution in [-0.4, -0.2) is 28.0 Å². The van der Waals surface area contributed by atoms with Crippen molar-refractivity contribution in [2.24, 2.45) is 0 Å². The lowest BCUT2D eigenvalue weighted by molar-refractivity contribution is 0.0601. The highest BCUT2D eigenvalue weighted by atomic mass is 16.5. The molecule has 0 aliphatic rings. The third-order valence-corrected chi connectivity index (χ3v) is 3.14. The minimum Gasteiger partial charge on any atom is -0.465 e. The van der Waals surface area contributed by atoms with Crippen molar-refractivity contribution >= 4 is 16.9 Å². The number of nitrogens with zero attached hydrogens (tertiary/aromatic N) is 2. The first kappa shape index (κ1) is 12.3. The summed E-state index contributed by atoms with van der Waals surface area (Å²) < 4.78 is 4.71. The highest BCUT2D eigenvalue weighted by Gasteiger charge is 2.12. The molecule has 0 unspecified atom stereocenters. The Labute approximate surface area is 115 Å². The van der Waals surface area contributed by atoms with Gasteiger partial charge in [-0.3, -0.25) is 0 Å². The van der Waals surface area contributed by atoms with Crippen LogP contribution in [0.5, 0.6) is 0 Å². The van der Waals surface area contributed by atoms with Crippen LogP contribution >= 0.6 is 0 Å². The zero-order valence-electron chi connectivity index (χ0n) is 11.2. The summed E-state index contributed by atoms with van der Waals surface area (Å²) in [5.74, 6) is 0.317. The lowest BCUT2D eigenvalue weighted by atomic mass is 10.1. The van der Waals surface area contributed by atoms with Crippen LogP contribution in [0.1, 0.15) is 16.1 Å². The number of aromatic amines is 1. The average molecular weight is 267 g/mol. The Balaban J connectivity index is 2.13. The van der Waals surface area contributed by atoms with Crippen LogP contribution in [0.15, 0.2) is 36.7 Å². The highest BCUT2D eigenvalue weighted by molar-refractivity contribution is 5.99. The van der Waals surface area contributed by atoms with E-state index in [1.807, 2.05) is 25.3 Å². The number of aromatic nitrogens is 3. The normalized spacial score (nSPS) is 10.7. The van der Waals surface area contributed by atoms with Crippen molar-refractivity contribution in [3.8, 4) is 11.4 Å². The largest absolute Gasteiger partial charge is 0.465 e. The molecular weight excluding hydrogens is 254 g/mol. The quantitative estimate of drug-likeness (QED) is 0.725. The summed E-state index contributed by atoms with van der Waals surface area (Å²) >= 11 is 0.